The molecule has 1 rings (SSSR count). The number of aliphatic hydroxyl groups excluding tert-OH is 3. The van der Waals surface area contributed by atoms with Gasteiger partial charge in [0.05, 0.1) is 24.9 Å². The fraction of sp³-hybridized carbons (Fsp3) is 1.00. The molecular weight excluding hydrogens is 198 g/mol. The van der Waals surface area contributed by atoms with E-state index in [1.54, 1.807) is 0 Å². The zero-order valence-electron chi connectivity index (χ0n) is 9.42. The summed E-state index contributed by atoms with van der Waals surface area (Å²) < 4.78 is 5.51. The summed E-state index contributed by atoms with van der Waals surface area (Å²) in [6.07, 6.45) is -3.21. The van der Waals surface area contributed by atoms with Crippen LogP contribution < -0.4 is 5.73 Å². The Morgan fingerprint density at radius 3 is 2.13 bits per heavy atom. The third-order valence-electron chi connectivity index (χ3n) is 2.84. The van der Waals surface area contributed by atoms with Crippen molar-refractivity contribution in [1.29, 1.82) is 0 Å². The van der Waals surface area contributed by atoms with E-state index in [9.17, 15) is 10.2 Å². The Hall–Kier alpha value is -0.200. The van der Waals surface area contributed by atoms with Gasteiger partial charge < -0.3 is 25.8 Å². The number of rotatable bonds is 1. The molecule has 1 saturated heterocycles. The normalized spacial score (nSPS) is 43.0. The van der Waals surface area contributed by atoms with Crippen molar-refractivity contribution >= 4 is 0 Å². The molecule has 5 N–H and O–H groups in total. The molecule has 0 radical (unpaired) electrons. The van der Waals surface area contributed by atoms with Crippen molar-refractivity contribution in [2.45, 2.75) is 51.2 Å². The van der Waals surface area contributed by atoms with Crippen LogP contribution in [0.2, 0.25) is 0 Å². The summed E-state index contributed by atoms with van der Waals surface area (Å²) in [5.74, 6) is 0. The van der Waals surface area contributed by atoms with Gasteiger partial charge in [0, 0.05) is 0 Å². The van der Waals surface area contributed by atoms with Crippen LogP contribution in [-0.4, -0.2) is 52.4 Å². The average Bonchev–Trinajstić information content (AvgIpc) is 2.13. The van der Waals surface area contributed by atoms with Gasteiger partial charge in [0.15, 0.2) is 0 Å². The van der Waals surface area contributed by atoms with Crippen molar-refractivity contribution in [3.8, 4) is 0 Å². The Bertz CT molecular complexity index is 214. The highest BCUT2D eigenvalue weighted by Crippen LogP contribution is 2.32. The van der Waals surface area contributed by atoms with E-state index in [4.69, 9.17) is 15.6 Å². The first kappa shape index (κ1) is 12.9. The Balaban J connectivity index is 2.83. The number of hydrogen-bond donors (Lipinski definition) is 4. The maximum absolute atomic E-state index is 9.82. The van der Waals surface area contributed by atoms with Crippen LogP contribution in [0.4, 0.5) is 0 Å². The fourth-order valence-electron chi connectivity index (χ4n) is 1.87. The van der Waals surface area contributed by atoms with Crippen LogP contribution in [-0.2, 0) is 4.74 Å². The molecule has 0 spiro atoms. The first-order valence-electron chi connectivity index (χ1n) is 5.17. The Morgan fingerprint density at radius 1 is 1.20 bits per heavy atom. The highest BCUT2D eigenvalue weighted by Gasteiger charge is 2.46. The molecule has 5 atom stereocenters. The van der Waals surface area contributed by atoms with Gasteiger partial charge in [-0.25, -0.2) is 0 Å². The minimum atomic E-state index is -1.06. The summed E-state index contributed by atoms with van der Waals surface area (Å²) in [6, 6.07) is -0.747. The van der Waals surface area contributed by atoms with E-state index >= 15 is 0 Å². The lowest BCUT2D eigenvalue weighted by Gasteiger charge is -2.45. The molecular formula is C10H21NO4. The summed E-state index contributed by atoms with van der Waals surface area (Å²) in [6.45, 7) is 5.45. The van der Waals surface area contributed by atoms with Gasteiger partial charge in [-0.2, -0.15) is 0 Å². The molecule has 0 aliphatic carbocycles. The van der Waals surface area contributed by atoms with E-state index < -0.39 is 30.5 Å². The number of ether oxygens (including phenoxy) is 1. The molecule has 0 amide bonds. The van der Waals surface area contributed by atoms with Crippen LogP contribution in [0.5, 0.6) is 0 Å². The van der Waals surface area contributed by atoms with Crippen molar-refractivity contribution in [3.63, 3.8) is 0 Å². The van der Waals surface area contributed by atoms with Crippen LogP contribution in [0.25, 0.3) is 0 Å². The minimum absolute atomic E-state index is 0.252. The van der Waals surface area contributed by atoms with Gasteiger partial charge in [-0.15, -0.1) is 0 Å². The van der Waals surface area contributed by atoms with Gasteiger partial charge >= 0.3 is 0 Å². The monoisotopic (exact) mass is 219 g/mol. The lowest BCUT2D eigenvalue weighted by Crippen LogP contribution is -2.64. The second-order valence-corrected chi connectivity index (χ2v) is 5.20. The topological polar surface area (TPSA) is 95.9 Å². The summed E-state index contributed by atoms with van der Waals surface area (Å²) in [5.41, 5.74) is 5.32. The average molecular weight is 219 g/mol. The molecule has 5 heteroatoms. The molecule has 0 saturated carbocycles. The van der Waals surface area contributed by atoms with E-state index in [2.05, 4.69) is 0 Å². The van der Waals surface area contributed by atoms with Crippen LogP contribution in [0.1, 0.15) is 20.8 Å². The third-order valence-corrected chi connectivity index (χ3v) is 2.84. The van der Waals surface area contributed by atoms with Crippen LogP contribution in [0.3, 0.4) is 0 Å². The molecule has 15 heavy (non-hydrogen) atoms. The molecule has 1 aliphatic heterocycles. The fourth-order valence-corrected chi connectivity index (χ4v) is 1.87. The van der Waals surface area contributed by atoms with E-state index in [1.807, 2.05) is 20.8 Å². The molecule has 0 bridgehead atoms. The van der Waals surface area contributed by atoms with Crippen molar-refractivity contribution in [1.82, 2.24) is 0 Å². The smallest absolute Gasteiger partial charge is 0.108 e. The standard InChI is InChI=1S/C10H21NO4/c1-10(2,3)9-8(14)7(13)6(11)5(4-12)15-9/h5-9,12-14H,4,11H2,1-3H3/t5?,6-,7+,8?,9+/m1/s1. The molecule has 0 aromatic carbocycles. The van der Waals surface area contributed by atoms with Gasteiger partial charge in [0.25, 0.3) is 0 Å². The van der Waals surface area contributed by atoms with E-state index in [0.29, 0.717) is 0 Å². The van der Waals surface area contributed by atoms with Gasteiger partial charge in [0.2, 0.25) is 0 Å². The van der Waals surface area contributed by atoms with Gasteiger partial charge in [-0.05, 0) is 5.41 Å². The number of nitrogens with two attached hydrogens (primary N) is 1. The Kier molecular flexibility index (Phi) is 3.73. The minimum Gasteiger partial charge on any atom is -0.394 e. The predicted octanol–water partition coefficient (Wildman–Crippen LogP) is -1.16. The third kappa shape index (κ3) is 2.49. The molecule has 2 unspecified atom stereocenters. The molecule has 0 aromatic rings. The maximum atomic E-state index is 9.82. The molecule has 0 aromatic heterocycles. The van der Waals surface area contributed by atoms with Crippen LogP contribution >= 0.6 is 0 Å². The SMILES string of the molecule is CC(C)(C)[C@H]1OC(CO)[C@@H](N)[C@H](O)C1O. The largest absolute Gasteiger partial charge is 0.394 e. The first-order valence-corrected chi connectivity index (χ1v) is 5.17. The molecule has 1 heterocycles. The van der Waals surface area contributed by atoms with Gasteiger partial charge in [-0.1, -0.05) is 20.8 Å². The molecule has 1 aliphatic rings. The number of aliphatic hydroxyl groups is 3. The zero-order valence-corrected chi connectivity index (χ0v) is 9.42. The van der Waals surface area contributed by atoms with Gasteiger partial charge in [0.1, 0.15) is 12.2 Å². The summed E-state index contributed by atoms with van der Waals surface area (Å²) >= 11 is 0. The lowest BCUT2D eigenvalue weighted by atomic mass is 9.80. The first-order chi connectivity index (χ1) is 6.79. The maximum Gasteiger partial charge on any atom is 0.108 e. The second-order valence-electron chi connectivity index (χ2n) is 5.20. The lowest BCUT2D eigenvalue weighted by molar-refractivity contribution is -0.214. The second kappa shape index (κ2) is 4.35. The number of hydrogen-bond acceptors (Lipinski definition) is 5. The van der Waals surface area contributed by atoms with E-state index in [0.717, 1.165) is 0 Å². The van der Waals surface area contributed by atoms with Crippen molar-refractivity contribution in [2.24, 2.45) is 11.1 Å². The van der Waals surface area contributed by atoms with Crippen molar-refractivity contribution < 1.29 is 20.1 Å². The summed E-state index contributed by atoms with van der Waals surface area (Å²) in [5, 5.41) is 28.6. The predicted molar refractivity (Wildman–Crippen MR) is 55.2 cm³/mol. The van der Waals surface area contributed by atoms with Crippen LogP contribution in [0, 0.1) is 5.41 Å². The highest BCUT2D eigenvalue weighted by molar-refractivity contribution is 4.97. The van der Waals surface area contributed by atoms with Crippen molar-refractivity contribution in [3.05, 3.63) is 0 Å². The zero-order chi connectivity index (χ0) is 11.8. The Labute approximate surface area is 89.9 Å². The summed E-state index contributed by atoms with van der Waals surface area (Å²) in [4.78, 5) is 0. The van der Waals surface area contributed by atoms with E-state index in [1.165, 1.54) is 0 Å². The van der Waals surface area contributed by atoms with Gasteiger partial charge in [-0.3, -0.25) is 0 Å². The Morgan fingerprint density at radius 2 is 1.73 bits per heavy atom. The molecule has 5 nitrogen and oxygen atoms in total. The van der Waals surface area contributed by atoms with Crippen molar-refractivity contribution in [2.75, 3.05) is 6.61 Å². The molecule has 90 valence electrons. The highest BCUT2D eigenvalue weighted by atomic mass is 16.5. The van der Waals surface area contributed by atoms with Crippen LogP contribution in [0.15, 0.2) is 0 Å². The van der Waals surface area contributed by atoms with E-state index in [-0.39, 0.29) is 12.0 Å². The summed E-state index contributed by atoms with van der Waals surface area (Å²) in [7, 11) is 0. The molecule has 1 fully saturated rings. The quantitative estimate of drug-likeness (QED) is 0.446.